The number of carbonyl (C=O) groups is 1. The van der Waals surface area contributed by atoms with Crippen LogP contribution in [0.5, 0.6) is 0 Å². The van der Waals surface area contributed by atoms with Gasteiger partial charge >= 0.3 is 6.03 Å². The van der Waals surface area contributed by atoms with Crippen molar-refractivity contribution in [3.8, 4) is 11.6 Å². The van der Waals surface area contributed by atoms with Crippen molar-refractivity contribution >= 4 is 6.03 Å². The summed E-state index contributed by atoms with van der Waals surface area (Å²) in [5.41, 5.74) is 1.07. The molecular weight excluding hydrogens is 320 g/mol. The largest absolute Gasteiger partial charge is 0.338 e. The van der Waals surface area contributed by atoms with Gasteiger partial charge in [0, 0.05) is 32.0 Å². The van der Waals surface area contributed by atoms with Crippen LogP contribution in [0.15, 0.2) is 53.3 Å². The maximum Gasteiger partial charge on any atom is 0.317 e. The van der Waals surface area contributed by atoms with E-state index in [1.807, 2.05) is 30.3 Å². The quantitative estimate of drug-likeness (QED) is 0.781. The number of hydrogen-bond acceptors (Lipinski definition) is 6. The number of nitrogens with one attached hydrogen (secondary N) is 1. The van der Waals surface area contributed by atoms with Crippen LogP contribution in [0.2, 0.25) is 0 Å². The second-order valence-corrected chi connectivity index (χ2v) is 5.77. The molecule has 0 radical (unpaired) electrons. The number of nitrogens with zero attached hydrogens (tertiary/aromatic N) is 5. The van der Waals surface area contributed by atoms with Gasteiger partial charge in [-0.05, 0) is 11.6 Å². The molecule has 1 fully saturated rings. The summed E-state index contributed by atoms with van der Waals surface area (Å²) in [5.74, 6) is 1.35. The Morgan fingerprint density at radius 2 is 1.88 bits per heavy atom. The average molecular weight is 336 g/mol. The number of rotatable bonds is 4. The second kappa shape index (κ2) is 6.68. The molecule has 126 valence electrons. The van der Waals surface area contributed by atoms with Gasteiger partial charge in [-0.15, -0.1) is 0 Å². The van der Waals surface area contributed by atoms with Gasteiger partial charge in [-0.25, -0.2) is 14.8 Å². The van der Waals surface area contributed by atoms with E-state index in [4.69, 9.17) is 4.52 Å². The third-order valence-corrected chi connectivity index (χ3v) is 4.01. The molecule has 4 rings (SSSR count). The SMILES string of the molecule is O=C(NCc1ccccc1)N1CC(c2nc(-c3ncccn3)no2)C1. The number of hydrogen-bond donors (Lipinski definition) is 1. The van der Waals surface area contributed by atoms with Gasteiger partial charge in [-0.2, -0.15) is 4.98 Å². The highest BCUT2D eigenvalue weighted by atomic mass is 16.5. The van der Waals surface area contributed by atoms with E-state index < -0.39 is 0 Å². The Labute approximate surface area is 143 Å². The third-order valence-electron chi connectivity index (χ3n) is 4.01. The average Bonchev–Trinajstić information content (AvgIpc) is 3.10. The molecule has 1 N–H and O–H groups in total. The zero-order valence-corrected chi connectivity index (χ0v) is 13.4. The second-order valence-electron chi connectivity index (χ2n) is 5.77. The molecule has 0 spiro atoms. The number of amides is 2. The monoisotopic (exact) mass is 336 g/mol. The van der Waals surface area contributed by atoms with Gasteiger partial charge in [-0.3, -0.25) is 0 Å². The van der Waals surface area contributed by atoms with E-state index in [0.717, 1.165) is 5.56 Å². The summed E-state index contributed by atoms with van der Waals surface area (Å²) in [5, 5.41) is 6.81. The van der Waals surface area contributed by atoms with E-state index in [-0.39, 0.29) is 11.9 Å². The van der Waals surface area contributed by atoms with E-state index in [0.29, 0.717) is 37.2 Å². The van der Waals surface area contributed by atoms with Crippen LogP contribution >= 0.6 is 0 Å². The smallest absolute Gasteiger partial charge is 0.317 e. The predicted octanol–water partition coefficient (Wildman–Crippen LogP) is 1.84. The Kier molecular flexibility index (Phi) is 4.07. The molecule has 1 aliphatic heterocycles. The van der Waals surface area contributed by atoms with Crippen molar-refractivity contribution in [2.75, 3.05) is 13.1 Å². The van der Waals surface area contributed by atoms with E-state index in [9.17, 15) is 4.79 Å². The molecule has 0 atom stereocenters. The molecular formula is C17H16N6O2. The molecule has 8 nitrogen and oxygen atoms in total. The Hall–Kier alpha value is -3.29. The number of aromatic nitrogens is 4. The Balaban J connectivity index is 1.30. The lowest BCUT2D eigenvalue weighted by atomic mass is 10.0. The zero-order valence-electron chi connectivity index (χ0n) is 13.4. The summed E-state index contributed by atoms with van der Waals surface area (Å²) in [7, 11) is 0. The number of carbonyl (C=O) groups excluding carboxylic acids is 1. The van der Waals surface area contributed by atoms with Gasteiger partial charge in [-0.1, -0.05) is 35.5 Å². The lowest BCUT2D eigenvalue weighted by Gasteiger charge is -2.36. The van der Waals surface area contributed by atoms with Gasteiger partial charge in [0.1, 0.15) is 0 Å². The van der Waals surface area contributed by atoms with Crippen molar-refractivity contribution in [1.29, 1.82) is 0 Å². The zero-order chi connectivity index (χ0) is 17.1. The molecule has 1 aromatic carbocycles. The molecule has 0 saturated carbocycles. The maximum atomic E-state index is 12.1. The fourth-order valence-electron chi connectivity index (χ4n) is 2.59. The summed E-state index contributed by atoms with van der Waals surface area (Å²) in [4.78, 5) is 26.4. The van der Waals surface area contributed by atoms with Crippen LogP contribution in [0.3, 0.4) is 0 Å². The number of likely N-dealkylation sites (tertiary alicyclic amines) is 1. The number of benzene rings is 1. The highest BCUT2D eigenvalue weighted by molar-refractivity contribution is 5.75. The van der Waals surface area contributed by atoms with Crippen LogP contribution in [-0.4, -0.2) is 44.1 Å². The molecule has 3 heterocycles. The van der Waals surface area contributed by atoms with Crippen molar-refractivity contribution in [3.63, 3.8) is 0 Å². The first-order valence-electron chi connectivity index (χ1n) is 7.97. The van der Waals surface area contributed by atoms with E-state index in [1.54, 1.807) is 23.4 Å². The summed E-state index contributed by atoms with van der Waals surface area (Å²) >= 11 is 0. The van der Waals surface area contributed by atoms with Gasteiger partial charge in [0.15, 0.2) is 0 Å². The molecule has 0 unspecified atom stereocenters. The molecule has 25 heavy (non-hydrogen) atoms. The summed E-state index contributed by atoms with van der Waals surface area (Å²) in [6, 6.07) is 11.4. The van der Waals surface area contributed by atoms with Gasteiger partial charge < -0.3 is 14.7 Å². The van der Waals surface area contributed by atoms with Crippen LogP contribution in [0.1, 0.15) is 17.4 Å². The minimum absolute atomic E-state index is 0.0486. The normalized spacial score (nSPS) is 14.2. The van der Waals surface area contributed by atoms with Gasteiger partial charge in [0.2, 0.25) is 17.5 Å². The highest BCUT2D eigenvalue weighted by Crippen LogP contribution is 2.26. The van der Waals surface area contributed by atoms with Crippen molar-refractivity contribution in [2.45, 2.75) is 12.5 Å². The van der Waals surface area contributed by atoms with E-state index in [2.05, 4.69) is 25.4 Å². The standard InChI is InChI=1S/C17H16N6O2/c24-17(20-9-12-5-2-1-3-6-12)23-10-13(11-23)16-21-15(22-25-16)14-18-7-4-8-19-14/h1-8,13H,9-11H2,(H,20,24). The molecule has 1 saturated heterocycles. The molecule has 2 aromatic heterocycles. The summed E-state index contributed by atoms with van der Waals surface area (Å²) in [6.07, 6.45) is 3.25. The highest BCUT2D eigenvalue weighted by Gasteiger charge is 2.35. The Morgan fingerprint density at radius 1 is 1.12 bits per heavy atom. The minimum Gasteiger partial charge on any atom is -0.338 e. The first-order chi connectivity index (χ1) is 12.3. The van der Waals surface area contributed by atoms with E-state index in [1.165, 1.54) is 0 Å². The summed E-state index contributed by atoms with van der Waals surface area (Å²) < 4.78 is 5.28. The third kappa shape index (κ3) is 3.32. The Morgan fingerprint density at radius 3 is 2.64 bits per heavy atom. The molecule has 3 aromatic rings. The predicted molar refractivity (Wildman–Crippen MR) is 88.3 cm³/mol. The topological polar surface area (TPSA) is 97.0 Å². The fourth-order valence-corrected chi connectivity index (χ4v) is 2.59. The van der Waals surface area contributed by atoms with Crippen molar-refractivity contribution in [2.24, 2.45) is 0 Å². The lowest BCUT2D eigenvalue weighted by molar-refractivity contribution is 0.136. The van der Waals surface area contributed by atoms with Crippen molar-refractivity contribution < 1.29 is 9.32 Å². The van der Waals surface area contributed by atoms with Gasteiger partial charge in [0.25, 0.3) is 0 Å². The van der Waals surface area contributed by atoms with Crippen LogP contribution in [0.25, 0.3) is 11.6 Å². The Bertz CT molecular complexity index is 846. The molecule has 0 aliphatic carbocycles. The van der Waals surface area contributed by atoms with Crippen LogP contribution in [-0.2, 0) is 6.54 Å². The molecule has 0 bridgehead atoms. The van der Waals surface area contributed by atoms with E-state index >= 15 is 0 Å². The summed E-state index contributed by atoms with van der Waals surface area (Å²) in [6.45, 7) is 1.62. The molecule has 8 heteroatoms. The van der Waals surface area contributed by atoms with Crippen LogP contribution < -0.4 is 5.32 Å². The fraction of sp³-hybridized carbons (Fsp3) is 0.235. The minimum atomic E-state index is -0.0914. The lowest BCUT2D eigenvalue weighted by Crippen LogP contribution is -2.52. The first-order valence-corrected chi connectivity index (χ1v) is 7.97. The van der Waals surface area contributed by atoms with Crippen molar-refractivity contribution in [1.82, 2.24) is 30.3 Å². The van der Waals surface area contributed by atoms with Gasteiger partial charge in [0.05, 0.1) is 5.92 Å². The first kappa shape index (κ1) is 15.3. The molecule has 2 amide bonds. The molecule has 1 aliphatic rings. The maximum absolute atomic E-state index is 12.1. The van der Waals surface area contributed by atoms with Crippen LogP contribution in [0, 0.1) is 0 Å². The van der Waals surface area contributed by atoms with Crippen LogP contribution in [0.4, 0.5) is 4.79 Å². The van der Waals surface area contributed by atoms with Crippen molar-refractivity contribution in [3.05, 3.63) is 60.2 Å². The number of urea groups is 1.